The highest BCUT2D eigenvalue weighted by molar-refractivity contribution is 5.93. The van der Waals surface area contributed by atoms with Gasteiger partial charge in [-0.1, -0.05) is 0 Å². The lowest BCUT2D eigenvalue weighted by Gasteiger charge is -2.05. The minimum atomic E-state index is -0.124. The molecule has 82 valence electrons. The molecule has 0 saturated heterocycles. The van der Waals surface area contributed by atoms with Crippen LogP contribution < -0.4 is 4.74 Å². The number of benzene rings is 1. The molecule has 0 N–H and O–H groups in total. The van der Waals surface area contributed by atoms with Crippen molar-refractivity contribution in [3.8, 4) is 5.75 Å². The van der Waals surface area contributed by atoms with Gasteiger partial charge in [-0.2, -0.15) is 0 Å². The summed E-state index contributed by atoms with van der Waals surface area (Å²) in [6, 6.07) is 5.52. The molecule has 0 unspecified atom stereocenters. The molecule has 1 aromatic carbocycles. The molecule has 1 heterocycles. The third-order valence-corrected chi connectivity index (χ3v) is 2.41. The molecule has 0 aliphatic carbocycles. The Balaban J connectivity index is 2.71. The van der Waals surface area contributed by atoms with Crippen molar-refractivity contribution >= 4 is 16.7 Å². The molecule has 0 radical (unpaired) electrons. The Kier molecular flexibility index (Phi) is 2.56. The van der Waals surface area contributed by atoms with Crippen molar-refractivity contribution in [3.63, 3.8) is 0 Å². The average molecular weight is 216 g/mol. The Morgan fingerprint density at radius 2 is 2.06 bits per heavy atom. The number of rotatable bonds is 2. The van der Waals surface area contributed by atoms with E-state index in [0.717, 1.165) is 22.3 Å². The van der Waals surface area contributed by atoms with E-state index in [1.165, 1.54) is 6.92 Å². The fraction of sp³-hybridized carbons (Fsp3) is 0.250. The highest BCUT2D eigenvalue weighted by atomic mass is 16.5. The lowest BCUT2D eigenvalue weighted by Crippen LogP contribution is -2.03. The highest BCUT2D eigenvalue weighted by Gasteiger charge is 2.08. The van der Waals surface area contributed by atoms with E-state index < -0.39 is 0 Å². The van der Waals surface area contributed by atoms with Crippen LogP contribution in [-0.2, 0) is 0 Å². The van der Waals surface area contributed by atoms with Crippen molar-refractivity contribution in [1.29, 1.82) is 0 Å². The van der Waals surface area contributed by atoms with E-state index in [-0.39, 0.29) is 11.6 Å². The van der Waals surface area contributed by atoms with Gasteiger partial charge in [-0.3, -0.25) is 4.79 Å². The fourth-order valence-electron chi connectivity index (χ4n) is 1.55. The number of fused-ring (bicyclic) bond motifs is 1. The summed E-state index contributed by atoms with van der Waals surface area (Å²) in [5.74, 6) is 0.894. The molecule has 0 spiro atoms. The van der Waals surface area contributed by atoms with Crippen LogP contribution in [0.2, 0.25) is 0 Å². The zero-order chi connectivity index (χ0) is 11.7. The van der Waals surface area contributed by atoms with Crippen molar-refractivity contribution in [2.75, 3.05) is 7.11 Å². The first-order chi connectivity index (χ1) is 7.61. The van der Waals surface area contributed by atoms with Gasteiger partial charge in [0.15, 0.2) is 11.6 Å². The Hall–Kier alpha value is -1.97. The lowest BCUT2D eigenvalue weighted by atomic mass is 10.2. The quantitative estimate of drug-likeness (QED) is 0.722. The van der Waals surface area contributed by atoms with Crippen molar-refractivity contribution in [2.24, 2.45) is 0 Å². The van der Waals surface area contributed by atoms with E-state index >= 15 is 0 Å². The second-order valence-electron chi connectivity index (χ2n) is 3.57. The number of ether oxygens (including phenoxy) is 1. The minimum absolute atomic E-state index is 0.124. The zero-order valence-electron chi connectivity index (χ0n) is 9.44. The molecule has 0 atom stereocenters. The molecule has 2 aromatic rings. The number of ketones is 1. The molecule has 0 saturated carbocycles. The third-order valence-electron chi connectivity index (χ3n) is 2.41. The topological polar surface area (TPSA) is 52.1 Å². The number of Topliss-reactive ketones (excluding diaryl/α,β-unsaturated/α-hetero) is 1. The largest absolute Gasteiger partial charge is 0.497 e. The van der Waals surface area contributed by atoms with Crippen LogP contribution in [0, 0.1) is 6.92 Å². The molecule has 0 fully saturated rings. The molecule has 4 heteroatoms. The Morgan fingerprint density at radius 3 is 2.69 bits per heavy atom. The number of aryl methyl sites for hydroxylation is 1. The van der Waals surface area contributed by atoms with E-state index in [1.54, 1.807) is 7.11 Å². The summed E-state index contributed by atoms with van der Waals surface area (Å²) < 4.78 is 5.13. The second-order valence-corrected chi connectivity index (χ2v) is 3.57. The maximum absolute atomic E-state index is 11.2. The van der Waals surface area contributed by atoms with Crippen LogP contribution in [0.4, 0.5) is 0 Å². The first-order valence-corrected chi connectivity index (χ1v) is 4.95. The van der Waals surface area contributed by atoms with Gasteiger partial charge in [0.05, 0.1) is 12.6 Å². The Labute approximate surface area is 93.3 Å². The van der Waals surface area contributed by atoms with Crippen molar-refractivity contribution in [1.82, 2.24) is 9.97 Å². The van der Waals surface area contributed by atoms with Gasteiger partial charge in [-0.25, -0.2) is 9.97 Å². The summed E-state index contributed by atoms with van der Waals surface area (Å²) in [5.41, 5.74) is 1.55. The van der Waals surface area contributed by atoms with E-state index in [2.05, 4.69) is 9.97 Å². The molecule has 0 aliphatic rings. The van der Waals surface area contributed by atoms with E-state index in [0.29, 0.717) is 0 Å². The van der Waals surface area contributed by atoms with Gasteiger partial charge >= 0.3 is 0 Å². The van der Waals surface area contributed by atoms with Crippen molar-refractivity contribution in [3.05, 3.63) is 29.7 Å². The third kappa shape index (κ3) is 1.74. The lowest BCUT2D eigenvalue weighted by molar-refractivity contribution is 0.100. The average Bonchev–Trinajstić information content (AvgIpc) is 2.28. The van der Waals surface area contributed by atoms with Gasteiger partial charge in [-0.15, -0.1) is 0 Å². The standard InChI is InChI=1S/C12H12N2O2/c1-7-10-6-9(16-3)4-5-11(10)14-12(13-7)8(2)15/h4-6H,1-3H3. The summed E-state index contributed by atoms with van der Waals surface area (Å²) in [5, 5.41) is 0.907. The van der Waals surface area contributed by atoms with E-state index in [1.807, 2.05) is 25.1 Å². The molecular weight excluding hydrogens is 204 g/mol. The molecule has 16 heavy (non-hydrogen) atoms. The van der Waals surface area contributed by atoms with Crippen LogP contribution >= 0.6 is 0 Å². The van der Waals surface area contributed by atoms with E-state index in [4.69, 9.17) is 4.74 Å². The molecule has 1 aromatic heterocycles. The number of nitrogens with zero attached hydrogens (tertiary/aromatic N) is 2. The number of aromatic nitrogens is 2. The number of methoxy groups -OCH3 is 1. The Bertz CT molecular complexity index is 564. The van der Waals surface area contributed by atoms with Gasteiger partial charge in [0.1, 0.15) is 5.75 Å². The summed E-state index contributed by atoms with van der Waals surface area (Å²) in [6.07, 6.45) is 0. The van der Waals surface area contributed by atoms with Crippen LogP contribution in [0.3, 0.4) is 0 Å². The molecule has 4 nitrogen and oxygen atoms in total. The van der Waals surface area contributed by atoms with Crippen LogP contribution in [0.5, 0.6) is 5.75 Å². The van der Waals surface area contributed by atoms with Gasteiger partial charge in [0.2, 0.25) is 0 Å². The molecule has 0 bridgehead atoms. The maximum Gasteiger partial charge on any atom is 0.196 e. The molecule has 0 aliphatic heterocycles. The predicted molar refractivity (Wildman–Crippen MR) is 60.8 cm³/mol. The van der Waals surface area contributed by atoms with Gasteiger partial charge in [0, 0.05) is 18.0 Å². The van der Waals surface area contributed by atoms with Gasteiger partial charge in [-0.05, 0) is 25.1 Å². The summed E-state index contributed by atoms with van der Waals surface area (Å²) in [4.78, 5) is 19.6. The van der Waals surface area contributed by atoms with Crippen LogP contribution in [0.25, 0.3) is 10.9 Å². The fourth-order valence-corrected chi connectivity index (χ4v) is 1.55. The van der Waals surface area contributed by atoms with Gasteiger partial charge < -0.3 is 4.74 Å². The summed E-state index contributed by atoms with van der Waals surface area (Å²) in [6.45, 7) is 3.32. The smallest absolute Gasteiger partial charge is 0.196 e. The molecule has 0 amide bonds. The monoisotopic (exact) mass is 216 g/mol. The number of carbonyl (C=O) groups excluding carboxylic acids is 1. The van der Waals surface area contributed by atoms with Crippen molar-refractivity contribution < 1.29 is 9.53 Å². The van der Waals surface area contributed by atoms with Crippen LogP contribution in [-0.4, -0.2) is 22.9 Å². The SMILES string of the molecule is COc1ccc2nc(C(C)=O)nc(C)c2c1. The highest BCUT2D eigenvalue weighted by Crippen LogP contribution is 2.21. The number of hydrogen-bond donors (Lipinski definition) is 0. The summed E-state index contributed by atoms with van der Waals surface area (Å²) in [7, 11) is 1.61. The van der Waals surface area contributed by atoms with Crippen LogP contribution in [0.1, 0.15) is 23.2 Å². The first-order valence-electron chi connectivity index (χ1n) is 4.95. The first kappa shape index (κ1) is 10.5. The predicted octanol–water partition coefficient (Wildman–Crippen LogP) is 2.15. The van der Waals surface area contributed by atoms with Crippen LogP contribution in [0.15, 0.2) is 18.2 Å². The molecular formula is C12H12N2O2. The maximum atomic E-state index is 11.2. The minimum Gasteiger partial charge on any atom is -0.497 e. The van der Waals surface area contributed by atoms with E-state index in [9.17, 15) is 4.79 Å². The van der Waals surface area contributed by atoms with Crippen molar-refractivity contribution in [2.45, 2.75) is 13.8 Å². The Morgan fingerprint density at radius 1 is 1.31 bits per heavy atom. The zero-order valence-corrected chi connectivity index (χ0v) is 9.44. The van der Waals surface area contributed by atoms with Gasteiger partial charge in [0.25, 0.3) is 0 Å². The second kappa shape index (κ2) is 3.89. The number of hydrogen-bond acceptors (Lipinski definition) is 4. The summed E-state index contributed by atoms with van der Waals surface area (Å²) >= 11 is 0. The molecule has 2 rings (SSSR count). The number of carbonyl (C=O) groups is 1. The normalized spacial score (nSPS) is 10.4.